The first-order chi connectivity index (χ1) is 7.15. The summed E-state index contributed by atoms with van der Waals surface area (Å²) in [7, 11) is 0. The predicted molar refractivity (Wildman–Crippen MR) is 53.4 cm³/mol. The number of carbonyl (C=O) groups excluding carboxylic acids is 1. The van der Waals surface area contributed by atoms with Crippen LogP contribution in [0, 0.1) is 5.39 Å². The zero-order valence-corrected chi connectivity index (χ0v) is 8.04. The highest BCUT2D eigenvalue weighted by molar-refractivity contribution is 5.73. The van der Waals surface area contributed by atoms with Gasteiger partial charge < -0.3 is 9.84 Å². The molecule has 0 radical (unpaired) electrons. The van der Waals surface area contributed by atoms with Crippen LogP contribution in [0.3, 0.4) is 0 Å². The number of hydrogen-bond acceptors (Lipinski definition) is 4. The number of aliphatic hydroxyl groups excluding tert-OH is 1. The molecular formula is C10H9N2O3+. The molecule has 1 N–H and O–H groups in total. The van der Waals surface area contributed by atoms with Crippen LogP contribution < -0.4 is 4.74 Å². The van der Waals surface area contributed by atoms with Crippen LogP contribution in [-0.2, 0) is 4.79 Å². The molecule has 0 unspecified atom stereocenters. The molecule has 76 valence electrons. The monoisotopic (exact) mass is 205 g/mol. The number of esters is 1. The fraction of sp³-hybridized carbons (Fsp3) is 0.100. The highest BCUT2D eigenvalue weighted by Crippen LogP contribution is 2.24. The molecule has 0 saturated carbocycles. The molecule has 0 aromatic heterocycles. The summed E-state index contributed by atoms with van der Waals surface area (Å²) in [4.78, 5) is 13.4. The third-order valence-corrected chi connectivity index (χ3v) is 1.60. The van der Waals surface area contributed by atoms with Crippen molar-refractivity contribution in [3.8, 4) is 5.75 Å². The zero-order valence-electron chi connectivity index (χ0n) is 8.04. The van der Waals surface area contributed by atoms with Crippen LogP contribution in [0.2, 0.25) is 0 Å². The van der Waals surface area contributed by atoms with Crippen molar-refractivity contribution in [1.29, 1.82) is 5.39 Å². The molecule has 5 heteroatoms. The molecular weight excluding hydrogens is 196 g/mol. The van der Waals surface area contributed by atoms with Gasteiger partial charge >= 0.3 is 12.2 Å². The van der Waals surface area contributed by atoms with E-state index in [9.17, 15) is 9.90 Å². The number of nitrogens with zero attached hydrogens (tertiary/aromatic N) is 2. The Morgan fingerprint density at radius 2 is 2.20 bits per heavy atom. The lowest BCUT2D eigenvalue weighted by molar-refractivity contribution is -0.131. The summed E-state index contributed by atoms with van der Waals surface area (Å²) >= 11 is 0. The first-order valence-corrected chi connectivity index (χ1v) is 4.16. The molecule has 1 aromatic carbocycles. The molecule has 0 bridgehead atoms. The summed E-state index contributed by atoms with van der Waals surface area (Å²) in [6, 6.07) is 6.38. The average Bonchev–Trinajstić information content (AvgIpc) is 2.18. The van der Waals surface area contributed by atoms with Crippen molar-refractivity contribution in [1.82, 2.24) is 0 Å². The Balaban J connectivity index is 3.13. The van der Waals surface area contributed by atoms with Gasteiger partial charge in [-0.15, -0.1) is 0 Å². The third kappa shape index (κ3) is 2.81. The number of benzene rings is 1. The fourth-order valence-electron chi connectivity index (χ4n) is 1.05. The number of aliphatic hydroxyl groups is 1. The molecule has 0 aliphatic heterocycles. The topological polar surface area (TPSA) is 74.7 Å². The smallest absolute Gasteiger partial charge is 0.392 e. The molecule has 0 fully saturated rings. The molecule has 5 nitrogen and oxygen atoms in total. The molecule has 15 heavy (non-hydrogen) atoms. The van der Waals surface area contributed by atoms with Crippen molar-refractivity contribution in [2.24, 2.45) is 0 Å². The van der Waals surface area contributed by atoms with Crippen LogP contribution in [0.25, 0.3) is 10.7 Å². The van der Waals surface area contributed by atoms with E-state index < -0.39 is 5.97 Å². The lowest BCUT2D eigenvalue weighted by atomic mass is 10.2. The van der Waals surface area contributed by atoms with Crippen LogP contribution in [0.4, 0.5) is 0 Å². The highest BCUT2D eigenvalue weighted by Gasteiger charge is 2.12. The molecule has 0 spiro atoms. The highest BCUT2D eigenvalue weighted by atomic mass is 16.5. The Morgan fingerprint density at radius 3 is 2.80 bits per heavy atom. The Morgan fingerprint density at radius 1 is 1.53 bits per heavy atom. The Kier molecular flexibility index (Phi) is 3.41. The van der Waals surface area contributed by atoms with Gasteiger partial charge in [0.15, 0.2) is 4.98 Å². The SMILES string of the molecule is CC(=O)Oc1ccccc1/C(O)=C/[N+]#N. The number of para-hydroxylation sites is 1. The molecule has 0 atom stereocenters. The molecule has 0 amide bonds. The van der Waals surface area contributed by atoms with Gasteiger partial charge in [-0.1, -0.05) is 12.1 Å². The zero-order chi connectivity index (χ0) is 11.3. The minimum atomic E-state index is -0.490. The lowest BCUT2D eigenvalue weighted by Gasteiger charge is -2.05. The Hall–Kier alpha value is -2.35. The maximum Gasteiger partial charge on any atom is 0.392 e. The number of diazo groups is 1. The third-order valence-electron chi connectivity index (χ3n) is 1.60. The second kappa shape index (κ2) is 4.77. The van der Waals surface area contributed by atoms with Crippen molar-refractivity contribution in [3.05, 3.63) is 41.0 Å². The second-order valence-electron chi connectivity index (χ2n) is 2.72. The van der Waals surface area contributed by atoms with Gasteiger partial charge in [0.2, 0.25) is 11.2 Å². The number of ether oxygens (including phenoxy) is 1. The molecule has 0 heterocycles. The van der Waals surface area contributed by atoms with Crippen molar-refractivity contribution >= 4 is 11.7 Å². The molecule has 0 aliphatic carbocycles. The second-order valence-corrected chi connectivity index (χ2v) is 2.72. The summed E-state index contributed by atoms with van der Waals surface area (Å²) < 4.78 is 4.85. The standard InChI is InChI=1S/C10H8N2O3/c1-7(13)15-10-5-3-2-4-8(10)9(14)6-12-11/h2-6H,1H3/p+1/b9-6-. The van der Waals surface area contributed by atoms with Gasteiger partial charge in [0.1, 0.15) is 5.75 Å². The minimum absolute atomic E-state index is 0.211. The van der Waals surface area contributed by atoms with Gasteiger partial charge in [0, 0.05) is 6.92 Å². The first-order valence-electron chi connectivity index (χ1n) is 4.16. The quantitative estimate of drug-likeness (QED) is 0.348. The summed E-state index contributed by atoms with van der Waals surface area (Å²) in [5, 5.41) is 17.7. The molecule has 1 rings (SSSR count). The van der Waals surface area contributed by atoms with Gasteiger partial charge in [-0.05, 0) is 12.1 Å². The minimum Gasteiger partial charge on any atom is -0.501 e. The average molecular weight is 205 g/mol. The maximum absolute atomic E-state index is 10.7. The first kappa shape index (κ1) is 10.7. The number of rotatable bonds is 2. The van der Waals surface area contributed by atoms with E-state index in [4.69, 9.17) is 10.1 Å². The van der Waals surface area contributed by atoms with Crippen LogP contribution in [0.1, 0.15) is 12.5 Å². The number of carbonyl (C=O) groups is 1. The summed E-state index contributed by atoms with van der Waals surface area (Å²) in [5.74, 6) is -0.562. The van der Waals surface area contributed by atoms with E-state index in [1.807, 2.05) is 0 Å². The van der Waals surface area contributed by atoms with E-state index >= 15 is 0 Å². The Bertz CT molecular complexity index is 446. The van der Waals surface area contributed by atoms with Gasteiger partial charge in [0.25, 0.3) is 0 Å². The van der Waals surface area contributed by atoms with Crippen LogP contribution >= 0.6 is 0 Å². The van der Waals surface area contributed by atoms with Crippen molar-refractivity contribution in [3.63, 3.8) is 0 Å². The van der Waals surface area contributed by atoms with Crippen LogP contribution in [0.5, 0.6) is 5.75 Å². The van der Waals surface area contributed by atoms with Crippen molar-refractivity contribution < 1.29 is 14.6 Å². The van der Waals surface area contributed by atoms with E-state index in [2.05, 4.69) is 4.98 Å². The van der Waals surface area contributed by atoms with E-state index in [1.54, 1.807) is 12.1 Å². The van der Waals surface area contributed by atoms with Crippen LogP contribution in [0.15, 0.2) is 30.5 Å². The summed E-state index contributed by atoms with van der Waals surface area (Å²) in [6.45, 7) is 1.26. The van der Waals surface area contributed by atoms with Crippen molar-refractivity contribution in [2.75, 3.05) is 0 Å². The van der Waals surface area contributed by atoms with E-state index in [1.165, 1.54) is 19.1 Å². The molecule has 1 aromatic rings. The van der Waals surface area contributed by atoms with Crippen molar-refractivity contribution in [2.45, 2.75) is 6.92 Å². The summed E-state index contributed by atoms with van der Waals surface area (Å²) in [5.41, 5.74) is 0.283. The predicted octanol–water partition coefficient (Wildman–Crippen LogP) is 2.32. The van der Waals surface area contributed by atoms with Gasteiger partial charge in [-0.25, -0.2) is 0 Å². The van der Waals surface area contributed by atoms with E-state index in [0.717, 1.165) is 6.20 Å². The number of hydrogen-bond donors (Lipinski definition) is 1. The lowest BCUT2D eigenvalue weighted by Crippen LogP contribution is -2.03. The molecule has 0 aliphatic rings. The van der Waals surface area contributed by atoms with Gasteiger partial charge in [0.05, 0.1) is 5.56 Å². The summed E-state index contributed by atoms with van der Waals surface area (Å²) in [6.07, 6.45) is 0.850. The van der Waals surface area contributed by atoms with Crippen LogP contribution in [-0.4, -0.2) is 11.1 Å². The van der Waals surface area contributed by atoms with Gasteiger partial charge in [-0.3, -0.25) is 4.79 Å². The Labute approximate surface area is 86.2 Å². The van der Waals surface area contributed by atoms with Gasteiger partial charge in [-0.2, -0.15) is 0 Å². The normalized spacial score (nSPS) is 10.5. The molecule has 0 saturated heterocycles. The largest absolute Gasteiger partial charge is 0.501 e. The van der Waals surface area contributed by atoms with E-state index in [0.29, 0.717) is 0 Å². The maximum atomic E-state index is 10.7. The fourth-order valence-corrected chi connectivity index (χ4v) is 1.05. The van der Waals surface area contributed by atoms with E-state index in [-0.39, 0.29) is 17.1 Å².